The van der Waals surface area contributed by atoms with Crippen molar-refractivity contribution in [1.82, 2.24) is 4.57 Å². The lowest BCUT2D eigenvalue weighted by molar-refractivity contribution is -0.267. The lowest BCUT2D eigenvalue weighted by Gasteiger charge is -2.44. The molecule has 0 N–H and O–H groups in total. The van der Waals surface area contributed by atoms with E-state index in [1.165, 1.54) is 0 Å². The number of aryl methyl sites for hydroxylation is 1. The second-order valence-electron chi connectivity index (χ2n) is 9.45. The molecule has 0 saturated carbocycles. The van der Waals surface area contributed by atoms with Crippen LogP contribution in [0.1, 0.15) is 56.0 Å². The summed E-state index contributed by atoms with van der Waals surface area (Å²) in [7, 11) is 0. The Hall–Kier alpha value is -3.70. The molecule has 1 aliphatic rings. The molecule has 1 saturated heterocycles. The second kappa shape index (κ2) is 12.9. The van der Waals surface area contributed by atoms with Gasteiger partial charge in [-0.2, -0.15) is 0 Å². The number of benzene rings is 2. The van der Waals surface area contributed by atoms with E-state index in [1.807, 2.05) is 49.4 Å². The third-order valence-corrected chi connectivity index (χ3v) is 7.08. The molecule has 11 heteroatoms. The molecule has 1 unspecified atom stereocenters. The van der Waals surface area contributed by atoms with Crippen molar-refractivity contribution in [3.05, 3.63) is 69.8 Å². The van der Waals surface area contributed by atoms with E-state index >= 15 is 0 Å². The number of hydrogen-bond donors (Lipinski definition) is 0. The Labute approximate surface area is 251 Å². The van der Waals surface area contributed by atoms with Crippen molar-refractivity contribution < 1.29 is 48.3 Å². The van der Waals surface area contributed by atoms with Crippen LogP contribution in [0.5, 0.6) is 0 Å². The maximum absolute atomic E-state index is 12.6. The Morgan fingerprint density at radius 1 is 0.878 bits per heavy atom. The van der Waals surface area contributed by atoms with Crippen LogP contribution in [0.25, 0.3) is 10.9 Å². The maximum Gasteiger partial charge on any atom is 0.303 e. The largest absolute Gasteiger partial charge is 0.463 e. The molecule has 1 fully saturated rings. The predicted molar refractivity (Wildman–Crippen MR) is 151 cm³/mol. The van der Waals surface area contributed by atoms with Gasteiger partial charge in [0.05, 0.1) is 5.52 Å². The fourth-order valence-electron chi connectivity index (χ4n) is 5.04. The van der Waals surface area contributed by atoms with Gasteiger partial charge in [-0.3, -0.25) is 19.2 Å². The first-order valence-electron chi connectivity index (χ1n) is 15.3. The average molecular weight is 635 g/mol. The van der Waals surface area contributed by atoms with E-state index in [2.05, 4.69) is 15.9 Å². The summed E-state index contributed by atoms with van der Waals surface area (Å²) in [6, 6.07) is 13.4. The molecule has 4 rings (SSSR count). The summed E-state index contributed by atoms with van der Waals surface area (Å²) < 4.78 is 60.5. The smallest absolute Gasteiger partial charge is 0.303 e. The molecule has 3 aromatic rings. The van der Waals surface area contributed by atoms with Gasteiger partial charge in [0.15, 0.2) is 24.5 Å². The zero-order valence-corrected chi connectivity index (χ0v) is 23.8. The van der Waals surface area contributed by atoms with Crippen molar-refractivity contribution >= 4 is 50.7 Å². The Morgan fingerprint density at radius 3 is 2.17 bits per heavy atom. The number of fused-ring (bicyclic) bond motifs is 1. The van der Waals surface area contributed by atoms with Gasteiger partial charge in [-0.25, -0.2) is 0 Å². The van der Waals surface area contributed by atoms with Crippen LogP contribution in [0.3, 0.4) is 0 Å². The van der Waals surface area contributed by atoms with Gasteiger partial charge >= 0.3 is 23.9 Å². The zero-order valence-electron chi connectivity index (χ0n) is 26.2. The average Bonchev–Trinajstić information content (AvgIpc) is 3.41. The molecule has 0 aliphatic carbocycles. The van der Waals surface area contributed by atoms with E-state index in [-0.39, 0.29) is 0 Å². The van der Waals surface area contributed by atoms with Gasteiger partial charge in [-0.15, -0.1) is 0 Å². The topological polar surface area (TPSA) is 119 Å². The number of halogens is 1. The van der Waals surface area contributed by atoms with E-state index in [9.17, 15) is 19.2 Å². The van der Waals surface area contributed by atoms with Crippen molar-refractivity contribution in [1.29, 1.82) is 0 Å². The van der Waals surface area contributed by atoms with Crippen LogP contribution in [0, 0.1) is 6.92 Å². The first-order chi connectivity index (χ1) is 21.6. The molecule has 1 aliphatic heterocycles. The molecule has 218 valence electrons. The standard InChI is InChI=1S/C30H32BrNO9/c1-16-7-6-8-24-26(16)22(13-21-9-11-23(31)12-10-21)14-32(24)30-29(40-20(5)36)28(39-19(4)35)27(38-18(3)34)25(41-30)15-37-17(2)33/h6-12,14,25,27-30H,13,15H2,1-5H3/t25-,27-,28+,29-,30?/m1/s1/i2D,3D,4D,5D. The van der Waals surface area contributed by atoms with Crippen LogP contribution >= 0.6 is 15.9 Å². The number of ether oxygens (including phenoxy) is 5. The Bertz CT molecular complexity index is 1530. The molecule has 0 spiro atoms. The molecule has 41 heavy (non-hydrogen) atoms. The Balaban J connectivity index is 1.89. The van der Waals surface area contributed by atoms with Crippen LogP contribution < -0.4 is 0 Å². The molecular weight excluding hydrogens is 598 g/mol. The van der Waals surface area contributed by atoms with E-state index in [4.69, 9.17) is 29.2 Å². The highest BCUT2D eigenvalue weighted by atomic mass is 79.9. The number of hydrogen-bond acceptors (Lipinski definition) is 9. The molecule has 5 atom stereocenters. The SMILES string of the molecule is [2H]CC(=O)OC[C@H]1OC(n2cc(Cc3ccc(Br)cc3)c3c(C)cccc32)[C@H](OC(=O)C[2H])[C@@H](OC(=O)C[2H])[C@@H]1OC(=O)C[2H]. The normalized spacial score (nSPS) is 23.4. The van der Waals surface area contributed by atoms with E-state index < -0.39 is 88.7 Å². The Kier molecular flexibility index (Phi) is 7.86. The highest BCUT2D eigenvalue weighted by Crippen LogP contribution is 2.38. The molecule has 0 amide bonds. The van der Waals surface area contributed by atoms with Gasteiger partial charge in [-0.1, -0.05) is 40.2 Å². The van der Waals surface area contributed by atoms with Crippen LogP contribution in [0.2, 0.25) is 0 Å². The minimum Gasteiger partial charge on any atom is -0.463 e. The fourth-order valence-corrected chi connectivity index (χ4v) is 5.30. The van der Waals surface area contributed by atoms with Gasteiger partial charge < -0.3 is 28.3 Å². The summed E-state index contributed by atoms with van der Waals surface area (Å²) in [5, 5.41) is 0.884. The molecule has 1 aromatic heterocycles. The summed E-state index contributed by atoms with van der Waals surface area (Å²) in [6.07, 6.45) is -4.88. The first kappa shape index (κ1) is 25.0. The number of carbonyl (C=O) groups excluding carboxylic acids is 4. The van der Waals surface area contributed by atoms with E-state index in [0.29, 0.717) is 11.9 Å². The predicted octanol–water partition coefficient (Wildman–Crippen LogP) is 4.56. The van der Waals surface area contributed by atoms with Crippen LogP contribution in [-0.2, 0) is 49.3 Å². The quantitative estimate of drug-likeness (QED) is 0.260. The Morgan fingerprint density at radius 2 is 1.51 bits per heavy atom. The molecule has 10 nitrogen and oxygen atoms in total. The first-order valence-corrected chi connectivity index (χ1v) is 13.3. The van der Waals surface area contributed by atoms with Gasteiger partial charge in [0.1, 0.15) is 12.7 Å². The third kappa shape index (κ3) is 7.15. The minimum atomic E-state index is -1.58. The number of nitrogens with zero attached hydrogens (tertiary/aromatic N) is 1. The highest BCUT2D eigenvalue weighted by Gasteiger charge is 2.53. The highest BCUT2D eigenvalue weighted by molar-refractivity contribution is 9.10. The number of aromatic nitrogens is 1. The van der Waals surface area contributed by atoms with Crippen LogP contribution in [0.15, 0.2) is 53.1 Å². The van der Waals surface area contributed by atoms with Gasteiger partial charge in [0, 0.05) is 49.1 Å². The van der Waals surface area contributed by atoms with Crippen molar-refractivity contribution in [2.75, 3.05) is 6.61 Å². The number of rotatable bonds is 8. The molecule has 2 aromatic carbocycles. The van der Waals surface area contributed by atoms with E-state index in [1.54, 1.807) is 10.8 Å². The van der Waals surface area contributed by atoms with Gasteiger partial charge in [0.25, 0.3) is 0 Å². The number of esters is 4. The monoisotopic (exact) mass is 633 g/mol. The van der Waals surface area contributed by atoms with E-state index in [0.717, 1.165) is 26.5 Å². The third-order valence-electron chi connectivity index (χ3n) is 6.55. The van der Waals surface area contributed by atoms with Crippen molar-refractivity contribution in [2.24, 2.45) is 0 Å². The van der Waals surface area contributed by atoms with Gasteiger partial charge in [0.2, 0.25) is 0 Å². The van der Waals surface area contributed by atoms with Crippen molar-refractivity contribution in [2.45, 2.75) is 71.6 Å². The van der Waals surface area contributed by atoms with Gasteiger partial charge in [-0.05, 0) is 48.2 Å². The van der Waals surface area contributed by atoms with Crippen molar-refractivity contribution in [3.8, 4) is 0 Å². The summed E-state index contributed by atoms with van der Waals surface area (Å²) in [6.45, 7) is -1.71. The summed E-state index contributed by atoms with van der Waals surface area (Å²) in [4.78, 5) is 49.4. The minimum absolute atomic E-state index is 0.511. The lowest BCUT2D eigenvalue weighted by atomic mass is 9.97. The van der Waals surface area contributed by atoms with Crippen molar-refractivity contribution in [3.63, 3.8) is 0 Å². The molecular formula is C30H32BrNO9. The molecule has 0 bridgehead atoms. The summed E-state index contributed by atoms with van der Waals surface area (Å²) in [5.41, 5.74) is 3.49. The second-order valence-corrected chi connectivity index (χ2v) is 10.4. The summed E-state index contributed by atoms with van der Waals surface area (Å²) in [5.74, 6) is -3.96. The van der Waals surface area contributed by atoms with Crippen LogP contribution in [0.4, 0.5) is 0 Å². The number of carbonyl (C=O) groups is 4. The maximum atomic E-state index is 12.6. The van der Waals surface area contributed by atoms with Crippen LogP contribution in [-0.4, -0.2) is 59.5 Å². The lowest BCUT2D eigenvalue weighted by Crippen LogP contribution is -2.60. The zero-order chi connectivity index (χ0) is 32.7. The molecule has 0 radical (unpaired) electrons. The fraction of sp³-hybridized carbons (Fsp3) is 0.400. The summed E-state index contributed by atoms with van der Waals surface area (Å²) >= 11 is 3.45. The molecule has 2 heterocycles.